The zero-order chi connectivity index (χ0) is 10.7. The first-order valence-corrected chi connectivity index (χ1v) is 5.11. The van der Waals surface area contributed by atoms with E-state index >= 15 is 0 Å². The Kier molecular flexibility index (Phi) is 2.93. The SMILES string of the molecule is O=C(NCc1ccon1)c1nnc(Cl)s1. The molecule has 2 aromatic rings. The van der Waals surface area contributed by atoms with Crippen LogP contribution in [0.25, 0.3) is 0 Å². The van der Waals surface area contributed by atoms with Gasteiger partial charge in [-0.15, -0.1) is 10.2 Å². The average Bonchev–Trinajstić information content (AvgIpc) is 2.84. The molecule has 0 radical (unpaired) electrons. The third kappa shape index (κ3) is 2.51. The number of hydrogen-bond donors (Lipinski definition) is 1. The molecule has 0 fully saturated rings. The summed E-state index contributed by atoms with van der Waals surface area (Å²) in [6.45, 7) is 0.284. The molecule has 0 spiro atoms. The van der Waals surface area contributed by atoms with Crippen LogP contribution in [0, 0.1) is 0 Å². The number of hydrogen-bond acceptors (Lipinski definition) is 6. The van der Waals surface area contributed by atoms with Crippen molar-refractivity contribution in [2.45, 2.75) is 6.54 Å². The van der Waals surface area contributed by atoms with Gasteiger partial charge in [0.1, 0.15) is 12.0 Å². The Morgan fingerprint density at radius 1 is 1.60 bits per heavy atom. The van der Waals surface area contributed by atoms with Gasteiger partial charge in [0.2, 0.25) is 9.47 Å². The van der Waals surface area contributed by atoms with E-state index in [1.807, 2.05) is 0 Å². The van der Waals surface area contributed by atoms with Gasteiger partial charge in [0.05, 0.1) is 6.54 Å². The third-order valence-electron chi connectivity index (χ3n) is 1.52. The minimum atomic E-state index is -0.331. The van der Waals surface area contributed by atoms with Crippen molar-refractivity contribution in [1.82, 2.24) is 20.7 Å². The van der Waals surface area contributed by atoms with E-state index in [9.17, 15) is 4.79 Å². The Morgan fingerprint density at radius 3 is 3.07 bits per heavy atom. The van der Waals surface area contributed by atoms with Crippen LogP contribution in [0.1, 0.15) is 15.5 Å². The lowest BCUT2D eigenvalue weighted by atomic mass is 10.4. The standard InChI is InChI=1S/C7H5ClN4O2S/c8-7-11-10-6(15-7)5(13)9-3-4-1-2-14-12-4/h1-2H,3H2,(H,9,13). The molecular formula is C7H5ClN4O2S. The molecule has 78 valence electrons. The summed E-state index contributed by atoms with van der Waals surface area (Å²) < 4.78 is 4.85. The highest BCUT2D eigenvalue weighted by Gasteiger charge is 2.11. The predicted octanol–water partition coefficient (Wildman–Crippen LogP) is 1.11. The summed E-state index contributed by atoms with van der Waals surface area (Å²) in [5.41, 5.74) is 0.638. The topological polar surface area (TPSA) is 80.9 Å². The normalized spacial score (nSPS) is 10.2. The fraction of sp³-hybridized carbons (Fsp3) is 0.143. The zero-order valence-electron chi connectivity index (χ0n) is 7.31. The van der Waals surface area contributed by atoms with Crippen LogP contribution in [0.15, 0.2) is 16.9 Å². The highest BCUT2D eigenvalue weighted by Crippen LogP contribution is 2.14. The van der Waals surface area contributed by atoms with Crippen molar-refractivity contribution >= 4 is 28.8 Å². The van der Waals surface area contributed by atoms with Gasteiger partial charge in [-0.2, -0.15) is 0 Å². The molecule has 0 bridgehead atoms. The van der Waals surface area contributed by atoms with E-state index in [0.29, 0.717) is 5.69 Å². The number of rotatable bonds is 3. The van der Waals surface area contributed by atoms with Gasteiger partial charge in [-0.3, -0.25) is 4.79 Å². The summed E-state index contributed by atoms with van der Waals surface area (Å²) in [4.78, 5) is 11.4. The molecule has 6 nitrogen and oxygen atoms in total. The number of carbonyl (C=O) groups is 1. The lowest BCUT2D eigenvalue weighted by molar-refractivity contribution is 0.0949. The van der Waals surface area contributed by atoms with Crippen molar-refractivity contribution in [2.24, 2.45) is 0 Å². The quantitative estimate of drug-likeness (QED) is 0.875. The van der Waals surface area contributed by atoms with Gasteiger partial charge in [-0.1, -0.05) is 16.5 Å². The van der Waals surface area contributed by atoms with Gasteiger partial charge in [0.15, 0.2) is 0 Å². The Morgan fingerprint density at radius 2 is 2.47 bits per heavy atom. The van der Waals surface area contributed by atoms with Crippen LogP contribution < -0.4 is 5.32 Å². The minimum Gasteiger partial charge on any atom is -0.364 e. The summed E-state index contributed by atoms with van der Waals surface area (Å²) >= 11 is 6.56. The maximum absolute atomic E-state index is 11.4. The molecule has 2 aromatic heterocycles. The Bertz CT molecular complexity index is 455. The van der Waals surface area contributed by atoms with Crippen molar-refractivity contribution in [1.29, 1.82) is 0 Å². The number of carbonyl (C=O) groups excluding carboxylic acids is 1. The molecular weight excluding hydrogens is 240 g/mol. The second-order valence-electron chi connectivity index (χ2n) is 2.53. The van der Waals surface area contributed by atoms with Gasteiger partial charge in [-0.25, -0.2) is 0 Å². The first-order chi connectivity index (χ1) is 7.25. The molecule has 8 heteroatoms. The summed E-state index contributed by atoms with van der Waals surface area (Å²) in [7, 11) is 0. The van der Waals surface area contributed by atoms with Crippen LogP contribution in [0.5, 0.6) is 0 Å². The van der Waals surface area contributed by atoms with Crippen LogP contribution >= 0.6 is 22.9 Å². The fourth-order valence-corrected chi connectivity index (χ4v) is 1.62. The Balaban J connectivity index is 1.93. The van der Waals surface area contributed by atoms with E-state index in [0.717, 1.165) is 11.3 Å². The average molecular weight is 245 g/mol. The van der Waals surface area contributed by atoms with Crippen molar-refractivity contribution < 1.29 is 9.32 Å². The van der Waals surface area contributed by atoms with E-state index in [1.54, 1.807) is 6.07 Å². The molecule has 2 rings (SSSR count). The van der Waals surface area contributed by atoms with Gasteiger partial charge in [0, 0.05) is 6.07 Å². The third-order valence-corrected chi connectivity index (χ3v) is 2.53. The predicted molar refractivity (Wildman–Crippen MR) is 52.6 cm³/mol. The summed E-state index contributed by atoms with van der Waals surface area (Å²) in [5.74, 6) is -0.331. The molecule has 1 amide bonds. The highest BCUT2D eigenvalue weighted by molar-refractivity contribution is 7.17. The molecule has 0 aliphatic carbocycles. The maximum Gasteiger partial charge on any atom is 0.282 e. The first kappa shape index (κ1) is 10.1. The minimum absolute atomic E-state index is 0.225. The summed E-state index contributed by atoms with van der Waals surface area (Å²) in [6, 6.07) is 1.66. The van der Waals surface area contributed by atoms with Crippen molar-refractivity contribution in [3.05, 3.63) is 27.5 Å². The fourth-order valence-electron chi connectivity index (χ4n) is 0.872. The molecule has 0 aliphatic heterocycles. The van der Waals surface area contributed by atoms with Crippen molar-refractivity contribution in [2.75, 3.05) is 0 Å². The zero-order valence-corrected chi connectivity index (χ0v) is 8.88. The highest BCUT2D eigenvalue weighted by atomic mass is 35.5. The number of nitrogens with one attached hydrogen (secondary N) is 1. The largest absolute Gasteiger partial charge is 0.364 e. The van der Waals surface area contributed by atoms with Crippen LogP contribution in [0.2, 0.25) is 4.47 Å². The second-order valence-corrected chi connectivity index (χ2v) is 4.09. The number of amides is 1. The van der Waals surface area contributed by atoms with Crippen molar-refractivity contribution in [3.63, 3.8) is 0 Å². The van der Waals surface area contributed by atoms with E-state index in [2.05, 4.69) is 25.2 Å². The molecule has 0 saturated heterocycles. The monoisotopic (exact) mass is 244 g/mol. The molecule has 15 heavy (non-hydrogen) atoms. The lowest BCUT2D eigenvalue weighted by Crippen LogP contribution is -2.22. The second kappa shape index (κ2) is 4.37. The number of halogens is 1. The molecule has 1 N–H and O–H groups in total. The number of nitrogens with zero attached hydrogens (tertiary/aromatic N) is 3. The molecule has 0 unspecified atom stereocenters. The van der Waals surface area contributed by atoms with E-state index in [-0.39, 0.29) is 21.9 Å². The van der Waals surface area contributed by atoms with Crippen LogP contribution in [-0.4, -0.2) is 21.3 Å². The molecule has 0 atom stereocenters. The smallest absolute Gasteiger partial charge is 0.282 e. The first-order valence-electron chi connectivity index (χ1n) is 3.92. The van der Waals surface area contributed by atoms with Crippen LogP contribution in [-0.2, 0) is 6.54 Å². The number of aromatic nitrogens is 3. The maximum atomic E-state index is 11.4. The van der Waals surface area contributed by atoms with Gasteiger partial charge in [-0.05, 0) is 11.6 Å². The van der Waals surface area contributed by atoms with E-state index in [1.165, 1.54) is 6.26 Å². The Hall–Kier alpha value is -1.47. The van der Waals surface area contributed by atoms with Gasteiger partial charge < -0.3 is 9.84 Å². The molecule has 0 aromatic carbocycles. The molecule has 0 saturated carbocycles. The van der Waals surface area contributed by atoms with Crippen LogP contribution in [0.3, 0.4) is 0 Å². The van der Waals surface area contributed by atoms with E-state index < -0.39 is 0 Å². The Labute approximate surface area is 93.2 Å². The van der Waals surface area contributed by atoms with Gasteiger partial charge >= 0.3 is 0 Å². The molecule has 2 heterocycles. The summed E-state index contributed by atoms with van der Waals surface area (Å²) in [6.07, 6.45) is 1.43. The lowest BCUT2D eigenvalue weighted by Gasteiger charge is -1.97. The van der Waals surface area contributed by atoms with Gasteiger partial charge in [0.25, 0.3) is 5.91 Å². The summed E-state index contributed by atoms with van der Waals surface area (Å²) in [5, 5.41) is 13.6. The molecule has 0 aliphatic rings. The van der Waals surface area contributed by atoms with Crippen molar-refractivity contribution in [3.8, 4) is 0 Å². The van der Waals surface area contributed by atoms with Crippen LogP contribution in [0.4, 0.5) is 0 Å². The van der Waals surface area contributed by atoms with E-state index in [4.69, 9.17) is 11.6 Å².